The average molecular weight is 395 g/mol. The van der Waals surface area contributed by atoms with Gasteiger partial charge in [-0.1, -0.05) is 41.9 Å². The molecule has 0 spiro atoms. The van der Waals surface area contributed by atoms with Crippen LogP contribution >= 0.6 is 11.3 Å². The average Bonchev–Trinajstić information content (AvgIpc) is 3.45. The summed E-state index contributed by atoms with van der Waals surface area (Å²) >= 11 is 1.60. The summed E-state index contributed by atoms with van der Waals surface area (Å²) in [5, 5.41) is 6.11. The first-order valence-electron chi connectivity index (χ1n) is 9.63. The second kappa shape index (κ2) is 6.83. The van der Waals surface area contributed by atoms with Gasteiger partial charge >= 0.3 is 0 Å². The summed E-state index contributed by atoms with van der Waals surface area (Å²) in [6.07, 6.45) is 3.48. The van der Waals surface area contributed by atoms with Crippen LogP contribution in [0.15, 0.2) is 46.3 Å². The maximum absolute atomic E-state index is 11.4. The predicted molar refractivity (Wildman–Crippen MR) is 107 cm³/mol. The highest BCUT2D eigenvalue weighted by atomic mass is 32.1. The standard InChI is InChI=1S/C21H22N4O2S/c22-18(26)15-9-17(28-12-15)11-25-10-16-7-4-8-21(16,13-25)20-23-19(24-27-20)14-5-2-1-3-6-14/h1-3,5-6,9,12,16H,4,7-8,10-11,13H2,(H2,22,26)/t16-,21-/m1/s1. The Bertz CT molecular complexity index is 999. The van der Waals surface area contributed by atoms with Gasteiger partial charge in [-0.05, 0) is 24.8 Å². The normalized spacial score (nSPS) is 24.5. The van der Waals surface area contributed by atoms with Crippen LogP contribution < -0.4 is 5.73 Å². The maximum atomic E-state index is 11.4. The molecule has 1 saturated carbocycles. The van der Waals surface area contributed by atoms with Crippen LogP contribution in [0.3, 0.4) is 0 Å². The topological polar surface area (TPSA) is 85.3 Å². The minimum atomic E-state index is -0.364. The Hall–Kier alpha value is -2.51. The molecule has 1 aliphatic heterocycles. The number of nitrogens with zero attached hydrogens (tertiary/aromatic N) is 3. The molecule has 2 N–H and O–H groups in total. The molecule has 1 saturated heterocycles. The fraction of sp³-hybridized carbons (Fsp3) is 0.381. The summed E-state index contributed by atoms with van der Waals surface area (Å²) in [4.78, 5) is 19.8. The van der Waals surface area contributed by atoms with Crippen molar-refractivity contribution in [3.05, 3.63) is 58.1 Å². The number of rotatable bonds is 5. The van der Waals surface area contributed by atoms with Gasteiger partial charge in [-0.3, -0.25) is 9.69 Å². The monoisotopic (exact) mass is 394 g/mol. The molecule has 2 fully saturated rings. The minimum Gasteiger partial charge on any atom is -0.366 e. The van der Waals surface area contributed by atoms with E-state index in [9.17, 15) is 4.79 Å². The van der Waals surface area contributed by atoms with Crippen molar-refractivity contribution in [1.82, 2.24) is 15.0 Å². The molecule has 1 aromatic carbocycles. The highest BCUT2D eigenvalue weighted by Gasteiger charge is 2.54. The smallest absolute Gasteiger partial charge is 0.249 e. The van der Waals surface area contributed by atoms with Gasteiger partial charge < -0.3 is 10.3 Å². The summed E-state index contributed by atoms with van der Waals surface area (Å²) in [5.74, 6) is 1.61. The molecule has 2 atom stereocenters. The SMILES string of the molecule is NC(=O)c1csc(CN2C[C@H]3CCC[C@@]3(c3nc(-c4ccccc4)no3)C2)c1. The largest absolute Gasteiger partial charge is 0.366 e. The summed E-state index contributed by atoms with van der Waals surface area (Å²) in [7, 11) is 0. The Morgan fingerprint density at radius 2 is 2.21 bits per heavy atom. The highest BCUT2D eigenvalue weighted by Crippen LogP contribution is 2.50. The van der Waals surface area contributed by atoms with Gasteiger partial charge in [-0.15, -0.1) is 11.3 Å². The molecule has 3 aromatic rings. The van der Waals surface area contributed by atoms with E-state index in [4.69, 9.17) is 15.2 Å². The first kappa shape index (κ1) is 17.6. The molecule has 28 heavy (non-hydrogen) atoms. The predicted octanol–water partition coefficient (Wildman–Crippen LogP) is 3.45. The van der Waals surface area contributed by atoms with Crippen LogP contribution in [-0.2, 0) is 12.0 Å². The Labute approximate surface area is 167 Å². The van der Waals surface area contributed by atoms with E-state index in [0.29, 0.717) is 17.3 Å². The third-order valence-electron chi connectivity index (χ3n) is 6.14. The fourth-order valence-electron chi connectivity index (χ4n) is 4.81. The lowest BCUT2D eigenvalue weighted by atomic mass is 9.80. The number of likely N-dealkylation sites (tertiary alicyclic amines) is 1. The number of carbonyl (C=O) groups is 1. The van der Waals surface area contributed by atoms with Crippen molar-refractivity contribution in [2.75, 3.05) is 13.1 Å². The summed E-state index contributed by atoms with van der Waals surface area (Å²) in [6.45, 7) is 2.76. The third-order valence-corrected chi connectivity index (χ3v) is 7.06. The quantitative estimate of drug-likeness (QED) is 0.716. The lowest BCUT2D eigenvalue weighted by Crippen LogP contribution is -2.32. The molecule has 1 aliphatic carbocycles. The molecule has 144 valence electrons. The highest BCUT2D eigenvalue weighted by molar-refractivity contribution is 7.10. The van der Waals surface area contributed by atoms with Crippen LogP contribution in [0.4, 0.5) is 0 Å². The van der Waals surface area contributed by atoms with E-state index in [1.807, 2.05) is 41.8 Å². The second-order valence-electron chi connectivity index (χ2n) is 7.87. The van der Waals surface area contributed by atoms with Crippen molar-refractivity contribution in [3.63, 3.8) is 0 Å². The van der Waals surface area contributed by atoms with E-state index in [1.54, 1.807) is 11.3 Å². The van der Waals surface area contributed by atoms with Gasteiger partial charge in [0.1, 0.15) is 0 Å². The zero-order chi connectivity index (χ0) is 19.1. The molecule has 5 rings (SSSR count). The molecular weight excluding hydrogens is 372 g/mol. The van der Waals surface area contributed by atoms with Crippen LogP contribution in [0.25, 0.3) is 11.4 Å². The van der Waals surface area contributed by atoms with E-state index in [2.05, 4.69) is 10.1 Å². The Balaban J connectivity index is 1.38. The van der Waals surface area contributed by atoms with Gasteiger partial charge in [0.05, 0.1) is 11.0 Å². The molecule has 7 heteroatoms. The number of hydrogen-bond donors (Lipinski definition) is 1. The van der Waals surface area contributed by atoms with Gasteiger partial charge in [0.2, 0.25) is 17.6 Å². The van der Waals surface area contributed by atoms with Crippen LogP contribution in [0, 0.1) is 5.92 Å². The van der Waals surface area contributed by atoms with Crippen molar-refractivity contribution in [3.8, 4) is 11.4 Å². The first-order valence-corrected chi connectivity index (χ1v) is 10.5. The van der Waals surface area contributed by atoms with Gasteiger partial charge in [-0.25, -0.2) is 0 Å². The van der Waals surface area contributed by atoms with Crippen molar-refractivity contribution in [2.24, 2.45) is 11.7 Å². The second-order valence-corrected chi connectivity index (χ2v) is 8.87. The zero-order valence-corrected chi connectivity index (χ0v) is 16.3. The number of amides is 1. The number of aromatic nitrogens is 2. The molecule has 0 unspecified atom stereocenters. The van der Waals surface area contributed by atoms with Crippen molar-refractivity contribution in [2.45, 2.75) is 31.2 Å². The first-order chi connectivity index (χ1) is 13.6. The molecule has 6 nitrogen and oxygen atoms in total. The van der Waals surface area contributed by atoms with Crippen molar-refractivity contribution >= 4 is 17.2 Å². The molecular formula is C21H22N4O2S. The number of benzene rings is 1. The fourth-order valence-corrected chi connectivity index (χ4v) is 5.72. The Morgan fingerprint density at radius 1 is 1.36 bits per heavy atom. The van der Waals surface area contributed by atoms with Gasteiger partial charge in [0.15, 0.2) is 0 Å². The molecule has 0 radical (unpaired) electrons. The van der Waals surface area contributed by atoms with Crippen LogP contribution in [0.2, 0.25) is 0 Å². The van der Waals surface area contributed by atoms with Crippen molar-refractivity contribution in [1.29, 1.82) is 0 Å². The molecule has 3 heterocycles. The summed E-state index contributed by atoms with van der Waals surface area (Å²) in [5.41, 5.74) is 6.91. The van der Waals surface area contributed by atoms with Crippen LogP contribution in [-0.4, -0.2) is 34.0 Å². The van der Waals surface area contributed by atoms with E-state index in [1.165, 1.54) is 17.7 Å². The number of thiophene rings is 1. The number of carbonyl (C=O) groups excluding carboxylic acids is 1. The number of primary amides is 1. The van der Waals surface area contributed by atoms with Gasteiger partial charge in [0.25, 0.3) is 0 Å². The van der Waals surface area contributed by atoms with E-state index < -0.39 is 0 Å². The lowest BCUT2D eigenvalue weighted by molar-refractivity contribution is 0.100. The molecule has 2 aliphatic rings. The zero-order valence-electron chi connectivity index (χ0n) is 15.5. The van der Waals surface area contributed by atoms with E-state index >= 15 is 0 Å². The van der Waals surface area contributed by atoms with E-state index in [-0.39, 0.29) is 11.3 Å². The number of fused-ring (bicyclic) bond motifs is 1. The minimum absolute atomic E-state index is 0.0518. The van der Waals surface area contributed by atoms with Gasteiger partial charge in [-0.2, -0.15) is 4.98 Å². The van der Waals surface area contributed by atoms with E-state index in [0.717, 1.165) is 37.5 Å². The van der Waals surface area contributed by atoms with Gasteiger partial charge in [0, 0.05) is 35.5 Å². The Kier molecular flexibility index (Phi) is 4.29. The van der Waals surface area contributed by atoms with Crippen molar-refractivity contribution < 1.29 is 9.32 Å². The van der Waals surface area contributed by atoms with Crippen LogP contribution in [0.1, 0.15) is 40.4 Å². The molecule has 0 bridgehead atoms. The van der Waals surface area contributed by atoms with Crippen LogP contribution in [0.5, 0.6) is 0 Å². The molecule has 2 aromatic heterocycles. The summed E-state index contributed by atoms with van der Waals surface area (Å²) < 4.78 is 5.80. The summed E-state index contributed by atoms with van der Waals surface area (Å²) in [6, 6.07) is 11.9. The third kappa shape index (κ3) is 2.95. The lowest BCUT2D eigenvalue weighted by Gasteiger charge is -2.24. The number of hydrogen-bond acceptors (Lipinski definition) is 6. The number of nitrogens with two attached hydrogens (primary N) is 1. The Morgan fingerprint density at radius 3 is 3.00 bits per heavy atom. The molecule has 1 amide bonds. The maximum Gasteiger partial charge on any atom is 0.249 e.